The number of benzene rings is 1. The van der Waals surface area contributed by atoms with Crippen molar-refractivity contribution in [1.82, 2.24) is 4.98 Å². The van der Waals surface area contributed by atoms with Crippen LogP contribution < -0.4 is 10.1 Å². The average molecular weight is 242 g/mol. The van der Waals surface area contributed by atoms with Gasteiger partial charge < -0.3 is 10.1 Å². The molecule has 94 valence electrons. The SMILES string of the molecule is Cc1cccc(NCCCOc2ccccc2)n1. The molecule has 18 heavy (non-hydrogen) atoms. The minimum atomic E-state index is 0.711. The number of rotatable bonds is 6. The zero-order chi connectivity index (χ0) is 12.6. The average Bonchev–Trinajstić information content (AvgIpc) is 2.40. The molecule has 0 aliphatic rings. The van der Waals surface area contributed by atoms with Crippen LogP contribution in [0.3, 0.4) is 0 Å². The van der Waals surface area contributed by atoms with Gasteiger partial charge in [-0.15, -0.1) is 0 Å². The summed E-state index contributed by atoms with van der Waals surface area (Å²) in [6.45, 7) is 3.57. The van der Waals surface area contributed by atoms with Gasteiger partial charge in [0.25, 0.3) is 0 Å². The molecule has 2 rings (SSSR count). The molecule has 1 aromatic carbocycles. The minimum Gasteiger partial charge on any atom is -0.494 e. The van der Waals surface area contributed by atoms with Crippen LogP contribution in [0, 0.1) is 6.92 Å². The maximum Gasteiger partial charge on any atom is 0.126 e. The molecule has 0 saturated carbocycles. The summed E-state index contributed by atoms with van der Waals surface area (Å²) >= 11 is 0. The molecular formula is C15H18N2O. The number of para-hydroxylation sites is 1. The number of aromatic nitrogens is 1. The van der Waals surface area contributed by atoms with Crippen molar-refractivity contribution in [2.24, 2.45) is 0 Å². The Kier molecular flexibility index (Phi) is 4.59. The summed E-state index contributed by atoms with van der Waals surface area (Å²) in [6.07, 6.45) is 0.949. The predicted octanol–water partition coefficient (Wildman–Crippen LogP) is 3.27. The molecule has 1 aromatic heterocycles. The fourth-order valence-electron chi connectivity index (χ4n) is 1.64. The largest absolute Gasteiger partial charge is 0.494 e. The molecule has 0 bridgehead atoms. The number of nitrogens with one attached hydrogen (secondary N) is 1. The van der Waals surface area contributed by atoms with Gasteiger partial charge in [-0.25, -0.2) is 4.98 Å². The standard InChI is InChI=1S/C15H18N2O/c1-13-7-5-10-15(17-13)16-11-6-12-18-14-8-3-2-4-9-14/h2-5,7-10H,6,11-12H2,1H3,(H,16,17). The van der Waals surface area contributed by atoms with Crippen LogP contribution in [-0.4, -0.2) is 18.1 Å². The molecule has 0 fully saturated rings. The highest BCUT2D eigenvalue weighted by atomic mass is 16.5. The van der Waals surface area contributed by atoms with Crippen molar-refractivity contribution in [3.05, 3.63) is 54.2 Å². The highest BCUT2D eigenvalue weighted by molar-refractivity contribution is 5.34. The Balaban J connectivity index is 1.65. The van der Waals surface area contributed by atoms with Crippen LogP contribution in [0.15, 0.2) is 48.5 Å². The molecule has 0 unspecified atom stereocenters. The van der Waals surface area contributed by atoms with Gasteiger partial charge in [0.2, 0.25) is 0 Å². The van der Waals surface area contributed by atoms with Crippen LogP contribution in [0.5, 0.6) is 5.75 Å². The Morgan fingerprint density at radius 1 is 1.06 bits per heavy atom. The second kappa shape index (κ2) is 6.64. The van der Waals surface area contributed by atoms with Crippen LogP contribution in [0.4, 0.5) is 5.82 Å². The Morgan fingerprint density at radius 3 is 2.67 bits per heavy atom. The van der Waals surface area contributed by atoms with Crippen LogP contribution in [0.2, 0.25) is 0 Å². The van der Waals surface area contributed by atoms with Crippen molar-refractivity contribution in [2.45, 2.75) is 13.3 Å². The van der Waals surface area contributed by atoms with E-state index in [-0.39, 0.29) is 0 Å². The molecule has 0 aliphatic heterocycles. The van der Waals surface area contributed by atoms with E-state index >= 15 is 0 Å². The number of ether oxygens (including phenoxy) is 1. The fraction of sp³-hybridized carbons (Fsp3) is 0.267. The first-order valence-electron chi connectivity index (χ1n) is 6.20. The molecule has 0 saturated heterocycles. The van der Waals surface area contributed by atoms with E-state index in [1.807, 2.05) is 55.5 Å². The Hall–Kier alpha value is -2.03. The number of aryl methyl sites for hydroxylation is 1. The van der Waals surface area contributed by atoms with Crippen LogP contribution >= 0.6 is 0 Å². The van der Waals surface area contributed by atoms with Gasteiger partial charge in [0.1, 0.15) is 11.6 Å². The molecule has 0 spiro atoms. The van der Waals surface area contributed by atoms with E-state index in [0.29, 0.717) is 6.61 Å². The summed E-state index contributed by atoms with van der Waals surface area (Å²) < 4.78 is 5.61. The van der Waals surface area contributed by atoms with Crippen molar-refractivity contribution in [3.63, 3.8) is 0 Å². The van der Waals surface area contributed by atoms with Crippen LogP contribution in [0.25, 0.3) is 0 Å². The highest BCUT2D eigenvalue weighted by Crippen LogP contribution is 2.08. The van der Waals surface area contributed by atoms with Gasteiger partial charge in [-0.1, -0.05) is 24.3 Å². The van der Waals surface area contributed by atoms with Crippen molar-refractivity contribution in [2.75, 3.05) is 18.5 Å². The topological polar surface area (TPSA) is 34.1 Å². The number of pyridine rings is 1. The van der Waals surface area contributed by atoms with E-state index in [4.69, 9.17) is 4.74 Å². The highest BCUT2D eigenvalue weighted by Gasteiger charge is 1.94. The van der Waals surface area contributed by atoms with Gasteiger partial charge in [-0.3, -0.25) is 0 Å². The summed E-state index contributed by atoms with van der Waals surface area (Å²) in [6, 6.07) is 15.8. The maximum atomic E-state index is 5.61. The van der Waals surface area contributed by atoms with E-state index in [1.54, 1.807) is 0 Å². The second-order valence-corrected chi connectivity index (χ2v) is 4.11. The lowest BCUT2D eigenvalue weighted by molar-refractivity contribution is 0.315. The lowest BCUT2D eigenvalue weighted by Crippen LogP contribution is -2.08. The summed E-state index contributed by atoms with van der Waals surface area (Å²) in [5, 5.41) is 3.28. The first-order valence-corrected chi connectivity index (χ1v) is 6.20. The van der Waals surface area contributed by atoms with E-state index in [2.05, 4.69) is 10.3 Å². The first-order chi connectivity index (χ1) is 8.84. The van der Waals surface area contributed by atoms with Gasteiger partial charge in [-0.2, -0.15) is 0 Å². The third-order valence-corrected chi connectivity index (χ3v) is 2.53. The van der Waals surface area contributed by atoms with Gasteiger partial charge >= 0.3 is 0 Å². The number of hydrogen-bond donors (Lipinski definition) is 1. The van der Waals surface area contributed by atoms with Gasteiger partial charge in [0.05, 0.1) is 6.61 Å². The van der Waals surface area contributed by atoms with E-state index in [0.717, 1.165) is 30.2 Å². The van der Waals surface area contributed by atoms with E-state index in [1.165, 1.54) is 0 Å². The normalized spacial score (nSPS) is 10.1. The number of hydrogen-bond acceptors (Lipinski definition) is 3. The lowest BCUT2D eigenvalue weighted by atomic mass is 10.3. The Labute approximate surface area is 108 Å². The molecule has 1 heterocycles. The molecule has 0 aliphatic carbocycles. The molecule has 0 atom stereocenters. The molecule has 0 radical (unpaired) electrons. The third-order valence-electron chi connectivity index (χ3n) is 2.53. The molecule has 0 amide bonds. The van der Waals surface area contributed by atoms with Gasteiger partial charge in [-0.05, 0) is 37.6 Å². The van der Waals surface area contributed by atoms with Crippen molar-refractivity contribution < 1.29 is 4.74 Å². The summed E-state index contributed by atoms with van der Waals surface area (Å²) in [7, 11) is 0. The quantitative estimate of drug-likeness (QED) is 0.789. The minimum absolute atomic E-state index is 0.711. The number of nitrogens with zero attached hydrogens (tertiary/aromatic N) is 1. The zero-order valence-electron chi connectivity index (χ0n) is 10.6. The smallest absolute Gasteiger partial charge is 0.126 e. The molecule has 3 nitrogen and oxygen atoms in total. The zero-order valence-corrected chi connectivity index (χ0v) is 10.6. The Bertz CT molecular complexity index is 471. The fourth-order valence-corrected chi connectivity index (χ4v) is 1.64. The van der Waals surface area contributed by atoms with Crippen molar-refractivity contribution in [3.8, 4) is 5.75 Å². The lowest BCUT2D eigenvalue weighted by Gasteiger charge is -2.07. The van der Waals surface area contributed by atoms with Crippen molar-refractivity contribution in [1.29, 1.82) is 0 Å². The van der Waals surface area contributed by atoms with Crippen molar-refractivity contribution >= 4 is 5.82 Å². The summed E-state index contributed by atoms with van der Waals surface area (Å²) in [5.41, 5.74) is 1.03. The third kappa shape index (κ3) is 4.09. The maximum absolute atomic E-state index is 5.61. The Morgan fingerprint density at radius 2 is 1.89 bits per heavy atom. The molecule has 1 N–H and O–H groups in total. The molecule has 3 heteroatoms. The van der Waals surface area contributed by atoms with E-state index in [9.17, 15) is 0 Å². The van der Waals surface area contributed by atoms with Gasteiger partial charge in [0, 0.05) is 12.2 Å². The second-order valence-electron chi connectivity index (χ2n) is 4.11. The van der Waals surface area contributed by atoms with Crippen LogP contribution in [0.1, 0.15) is 12.1 Å². The first kappa shape index (κ1) is 12.4. The molecular weight excluding hydrogens is 224 g/mol. The number of anilines is 1. The van der Waals surface area contributed by atoms with Gasteiger partial charge in [0.15, 0.2) is 0 Å². The summed E-state index contributed by atoms with van der Waals surface area (Å²) in [5.74, 6) is 1.85. The van der Waals surface area contributed by atoms with Crippen LogP contribution in [-0.2, 0) is 0 Å². The monoisotopic (exact) mass is 242 g/mol. The molecule has 2 aromatic rings. The summed E-state index contributed by atoms with van der Waals surface area (Å²) in [4.78, 5) is 4.38. The van der Waals surface area contributed by atoms with E-state index < -0.39 is 0 Å². The predicted molar refractivity (Wildman–Crippen MR) is 74.0 cm³/mol.